The average Bonchev–Trinajstić information content (AvgIpc) is 3.02. The van der Waals surface area contributed by atoms with Crippen LogP contribution in [0.1, 0.15) is 168 Å². The van der Waals surface area contributed by atoms with Gasteiger partial charge >= 0.3 is 5.97 Å². The molecule has 0 radical (unpaired) electrons. The van der Waals surface area contributed by atoms with Crippen LogP contribution >= 0.6 is 0 Å². The first-order valence-corrected chi connectivity index (χ1v) is 19.0. The van der Waals surface area contributed by atoms with Crippen molar-refractivity contribution in [2.75, 3.05) is 60.0 Å². The molecule has 0 spiro atoms. The number of carbonyl (C=O) groups is 1. The molecule has 0 aromatic heterocycles. The Morgan fingerprint density at radius 3 is 1.23 bits per heavy atom. The highest BCUT2D eigenvalue weighted by molar-refractivity contribution is 5.72. The molecule has 0 heterocycles. The second-order valence-corrected chi connectivity index (χ2v) is 13.1. The molecule has 0 saturated carbocycles. The third kappa shape index (κ3) is 34.2. The lowest BCUT2D eigenvalue weighted by atomic mass is 9.97. The monoisotopic (exact) mass is 629 g/mol. The van der Waals surface area contributed by atoms with Crippen LogP contribution in [0.5, 0.6) is 0 Å². The molecule has 0 rings (SSSR count). The summed E-state index contributed by atoms with van der Waals surface area (Å²) in [6.45, 7) is 11.8. The van der Waals surface area contributed by atoms with Gasteiger partial charge in [-0.25, -0.2) is 0 Å². The molecule has 0 N–H and O–H groups in total. The molecule has 0 fully saturated rings. The van der Waals surface area contributed by atoms with Gasteiger partial charge in [0.05, 0.1) is 52.7 Å². The molecular weight excluding hydrogens is 552 g/mol. The molecule has 1 atom stereocenters. The minimum Gasteiger partial charge on any atom is -0.469 e. The zero-order chi connectivity index (χ0) is 32.2. The minimum atomic E-state index is -0.103. The number of methoxy groups -OCH3 is 1. The number of hydrogen-bond acceptors (Lipinski definition) is 6. The van der Waals surface area contributed by atoms with Crippen molar-refractivity contribution in [2.24, 2.45) is 11.8 Å². The summed E-state index contributed by atoms with van der Waals surface area (Å²) in [6, 6.07) is 0. The Hall–Kier alpha value is -0.690. The smallest absolute Gasteiger partial charge is 0.308 e. The zero-order valence-electron chi connectivity index (χ0n) is 30.0. The number of carbonyl (C=O) groups excluding carboxylic acids is 1. The lowest BCUT2D eigenvalue weighted by molar-refractivity contribution is -0.146. The summed E-state index contributed by atoms with van der Waals surface area (Å²) in [5, 5.41) is 0. The molecule has 0 aliphatic heterocycles. The van der Waals surface area contributed by atoms with Crippen molar-refractivity contribution in [1.82, 2.24) is 0 Å². The highest BCUT2D eigenvalue weighted by Gasteiger charge is 2.18. The van der Waals surface area contributed by atoms with Gasteiger partial charge in [0, 0.05) is 13.2 Å². The Morgan fingerprint density at radius 1 is 0.432 bits per heavy atom. The van der Waals surface area contributed by atoms with E-state index in [1.54, 1.807) is 0 Å². The molecule has 0 amide bonds. The number of rotatable bonds is 37. The van der Waals surface area contributed by atoms with Gasteiger partial charge in [-0.2, -0.15) is 0 Å². The van der Waals surface area contributed by atoms with Gasteiger partial charge in [0.1, 0.15) is 0 Å². The summed E-state index contributed by atoms with van der Waals surface area (Å²) in [5.74, 6) is 0.693. The zero-order valence-corrected chi connectivity index (χ0v) is 30.0. The molecular formula is C38H76O6. The molecule has 0 aromatic carbocycles. The Morgan fingerprint density at radius 2 is 0.795 bits per heavy atom. The maximum Gasteiger partial charge on any atom is 0.308 e. The molecule has 0 aromatic rings. The minimum absolute atomic E-state index is 0.0623. The van der Waals surface area contributed by atoms with Crippen LogP contribution in [0.2, 0.25) is 0 Å². The lowest BCUT2D eigenvalue weighted by Crippen LogP contribution is -2.19. The van der Waals surface area contributed by atoms with Crippen molar-refractivity contribution in [3.8, 4) is 0 Å². The third-order valence-electron chi connectivity index (χ3n) is 8.49. The Bertz CT molecular complexity index is 555. The number of hydrogen-bond donors (Lipinski definition) is 0. The van der Waals surface area contributed by atoms with Crippen LogP contribution in [-0.2, 0) is 28.5 Å². The maximum atomic E-state index is 12.2. The summed E-state index contributed by atoms with van der Waals surface area (Å²) in [6.07, 6.45) is 29.6. The summed E-state index contributed by atoms with van der Waals surface area (Å²) in [5.41, 5.74) is 0. The standard InChI is InChI=1S/C38H76O6/c1-5-6-7-8-18-21-24-28-41-30-32-43-34-35-44-33-31-42-29-27-37(38(39)40-4)26-23-20-17-15-13-11-9-10-12-14-16-19-22-25-36(2)3/h36-37H,5-35H2,1-4H3. The van der Waals surface area contributed by atoms with Crippen LogP contribution in [0, 0.1) is 11.8 Å². The SMILES string of the molecule is CCCCCCCCCOCCOCCOCCOCCC(CCCCCCCCCCCCCCCC(C)C)C(=O)OC. The summed E-state index contributed by atoms with van der Waals surface area (Å²) in [7, 11) is 1.49. The van der Waals surface area contributed by atoms with Gasteiger partial charge in [-0.3, -0.25) is 4.79 Å². The van der Waals surface area contributed by atoms with Crippen LogP contribution in [0.15, 0.2) is 0 Å². The topological polar surface area (TPSA) is 63.2 Å². The predicted molar refractivity (Wildman–Crippen MR) is 185 cm³/mol. The van der Waals surface area contributed by atoms with Crippen molar-refractivity contribution in [3.63, 3.8) is 0 Å². The van der Waals surface area contributed by atoms with Gasteiger partial charge in [0.15, 0.2) is 0 Å². The van der Waals surface area contributed by atoms with E-state index in [9.17, 15) is 4.79 Å². The largest absolute Gasteiger partial charge is 0.469 e. The van der Waals surface area contributed by atoms with Crippen molar-refractivity contribution in [2.45, 2.75) is 168 Å². The van der Waals surface area contributed by atoms with E-state index in [0.717, 1.165) is 31.8 Å². The van der Waals surface area contributed by atoms with E-state index in [4.69, 9.17) is 23.7 Å². The van der Waals surface area contributed by atoms with Crippen molar-refractivity contribution >= 4 is 5.97 Å². The van der Waals surface area contributed by atoms with Crippen molar-refractivity contribution in [3.05, 3.63) is 0 Å². The van der Waals surface area contributed by atoms with Crippen molar-refractivity contribution in [1.29, 1.82) is 0 Å². The third-order valence-corrected chi connectivity index (χ3v) is 8.49. The quantitative estimate of drug-likeness (QED) is 0.0504. The van der Waals surface area contributed by atoms with Gasteiger partial charge in [0.25, 0.3) is 0 Å². The molecule has 6 nitrogen and oxygen atoms in total. The molecule has 0 bridgehead atoms. The summed E-state index contributed by atoms with van der Waals surface area (Å²) >= 11 is 0. The highest BCUT2D eigenvalue weighted by atomic mass is 16.6. The van der Waals surface area contributed by atoms with E-state index in [2.05, 4.69) is 20.8 Å². The van der Waals surface area contributed by atoms with Crippen molar-refractivity contribution < 1.29 is 28.5 Å². The van der Waals surface area contributed by atoms with E-state index < -0.39 is 0 Å². The number of ether oxygens (including phenoxy) is 5. The Kier molecular flexibility index (Phi) is 36.2. The lowest BCUT2D eigenvalue weighted by Gasteiger charge is -2.15. The second-order valence-electron chi connectivity index (χ2n) is 13.1. The number of esters is 1. The van der Waals surface area contributed by atoms with Gasteiger partial charge in [-0.15, -0.1) is 0 Å². The van der Waals surface area contributed by atoms with E-state index in [1.165, 1.54) is 129 Å². The predicted octanol–water partition coefficient (Wildman–Crippen LogP) is 10.5. The van der Waals surface area contributed by atoms with E-state index in [1.807, 2.05) is 0 Å². The van der Waals surface area contributed by atoms with Gasteiger partial charge in [-0.1, -0.05) is 149 Å². The molecule has 0 aliphatic rings. The van der Waals surface area contributed by atoms with Crippen LogP contribution in [0.3, 0.4) is 0 Å². The highest BCUT2D eigenvalue weighted by Crippen LogP contribution is 2.18. The molecule has 0 aliphatic carbocycles. The van der Waals surface area contributed by atoms with E-state index in [0.29, 0.717) is 52.7 Å². The normalized spacial score (nSPS) is 12.3. The van der Waals surface area contributed by atoms with Crippen LogP contribution in [-0.4, -0.2) is 65.9 Å². The maximum absolute atomic E-state index is 12.2. The van der Waals surface area contributed by atoms with Gasteiger partial charge in [0.2, 0.25) is 0 Å². The first-order valence-electron chi connectivity index (χ1n) is 19.0. The fourth-order valence-corrected chi connectivity index (χ4v) is 5.58. The van der Waals surface area contributed by atoms with Gasteiger partial charge in [-0.05, 0) is 25.2 Å². The fraction of sp³-hybridized carbons (Fsp3) is 0.974. The molecule has 44 heavy (non-hydrogen) atoms. The average molecular weight is 629 g/mol. The summed E-state index contributed by atoms with van der Waals surface area (Å²) < 4.78 is 27.6. The van der Waals surface area contributed by atoms with E-state index >= 15 is 0 Å². The Labute approximate surface area is 274 Å². The molecule has 1 unspecified atom stereocenters. The molecule has 264 valence electrons. The first kappa shape index (κ1) is 43.3. The van der Waals surface area contributed by atoms with Crippen LogP contribution in [0.4, 0.5) is 0 Å². The van der Waals surface area contributed by atoms with E-state index in [-0.39, 0.29) is 11.9 Å². The van der Waals surface area contributed by atoms with Crippen LogP contribution < -0.4 is 0 Å². The fourth-order valence-electron chi connectivity index (χ4n) is 5.58. The first-order chi connectivity index (χ1) is 21.6. The van der Waals surface area contributed by atoms with Gasteiger partial charge < -0.3 is 23.7 Å². The summed E-state index contributed by atoms with van der Waals surface area (Å²) in [4.78, 5) is 12.2. The number of unbranched alkanes of at least 4 members (excludes halogenated alkanes) is 18. The molecule has 6 heteroatoms. The Balaban J connectivity index is 3.46. The molecule has 0 saturated heterocycles. The van der Waals surface area contributed by atoms with Crippen LogP contribution in [0.25, 0.3) is 0 Å². The second kappa shape index (κ2) is 36.8.